The predicted molar refractivity (Wildman–Crippen MR) is 129 cm³/mol. The number of nitrogens with zero attached hydrogens (tertiary/aromatic N) is 4. The van der Waals surface area contributed by atoms with E-state index in [1.54, 1.807) is 22.7 Å². The number of thiophene rings is 2. The van der Waals surface area contributed by atoms with E-state index in [9.17, 15) is 9.59 Å². The lowest BCUT2D eigenvalue weighted by Gasteiger charge is -2.35. The van der Waals surface area contributed by atoms with Crippen molar-refractivity contribution in [1.29, 1.82) is 0 Å². The summed E-state index contributed by atoms with van der Waals surface area (Å²) < 4.78 is 2.02. The Labute approximate surface area is 200 Å². The summed E-state index contributed by atoms with van der Waals surface area (Å²) in [4.78, 5) is 29.1. The van der Waals surface area contributed by atoms with Gasteiger partial charge >= 0.3 is 0 Å². The molecule has 0 aliphatic carbocycles. The van der Waals surface area contributed by atoms with E-state index >= 15 is 0 Å². The largest absolute Gasteiger partial charge is 0.370 e. The third kappa shape index (κ3) is 5.07. The number of carbonyl (C=O) groups excluding carboxylic acids is 2. The zero-order valence-electron chi connectivity index (χ0n) is 18.2. The molecule has 170 valence electrons. The Balaban J connectivity index is 1.50. The first-order valence-electron chi connectivity index (χ1n) is 10.7. The van der Waals surface area contributed by atoms with Crippen molar-refractivity contribution in [2.24, 2.45) is 11.7 Å². The van der Waals surface area contributed by atoms with E-state index < -0.39 is 0 Å². The van der Waals surface area contributed by atoms with Crippen LogP contribution in [-0.2, 0) is 29.0 Å². The van der Waals surface area contributed by atoms with Gasteiger partial charge in [0.15, 0.2) is 5.16 Å². The molecule has 0 radical (unpaired) electrons. The van der Waals surface area contributed by atoms with Crippen molar-refractivity contribution in [1.82, 2.24) is 19.7 Å². The molecule has 1 aliphatic heterocycles. The summed E-state index contributed by atoms with van der Waals surface area (Å²) in [6, 6.07) is 6.29. The maximum atomic E-state index is 13.4. The van der Waals surface area contributed by atoms with Gasteiger partial charge in [-0.1, -0.05) is 31.7 Å². The van der Waals surface area contributed by atoms with E-state index in [-0.39, 0.29) is 24.3 Å². The highest BCUT2D eigenvalue weighted by molar-refractivity contribution is 7.99. The summed E-state index contributed by atoms with van der Waals surface area (Å²) in [6.07, 6.45) is 1.59. The van der Waals surface area contributed by atoms with Crippen molar-refractivity contribution < 1.29 is 9.59 Å². The van der Waals surface area contributed by atoms with Crippen molar-refractivity contribution in [2.45, 2.75) is 50.9 Å². The summed E-state index contributed by atoms with van der Waals surface area (Å²) in [5.41, 5.74) is 6.56. The second-order valence-electron chi connectivity index (χ2n) is 8.21. The quantitative estimate of drug-likeness (QED) is 0.462. The van der Waals surface area contributed by atoms with Crippen molar-refractivity contribution in [3.05, 3.63) is 50.1 Å². The van der Waals surface area contributed by atoms with Gasteiger partial charge in [-0.2, -0.15) is 0 Å². The first kappa shape index (κ1) is 23.0. The van der Waals surface area contributed by atoms with Gasteiger partial charge in [0.05, 0.1) is 11.8 Å². The lowest BCUT2D eigenvalue weighted by molar-refractivity contribution is -0.130. The van der Waals surface area contributed by atoms with Crippen LogP contribution in [0.5, 0.6) is 0 Å². The zero-order valence-corrected chi connectivity index (χ0v) is 20.6. The average molecular weight is 490 g/mol. The Hall–Kier alpha value is -2.17. The SMILES string of the molecule is CC(C)Cn1c(CCC(N)=O)nnc1SCC(=O)N1CCc2sccc2C1c1cccs1. The fourth-order valence-electron chi connectivity index (χ4n) is 3.94. The van der Waals surface area contributed by atoms with E-state index in [4.69, 9.17) is 5.73 Å². The molecule has 7 nitrogen and oxygen atoms in total. The van der Waals surface area contributed by atoms with Gasteiger partial charge in [0, 0.05) is 35.7 Å². The van der Waals surface area contributed by atoms with E-state index in [1.807, 2.05) is 15.5 Å². The Morgan fingerprint density at radius 1 is 1.25 bits per heavy atom. The number of hydrogen-bond acceptors (Lipinski definition) is 7. The Kier molecular flexibility index (Phi) is 7.32. The van der Waals surface area contributed by atoms with Gasteiger partial charge in [-0.05, 0) is 40.8 Å². The molecule has 2 N–H and O–H groups in total. The predicted octanol–water partition coefficient (Wildman–Crippen LogP) is 3.74. The molecule has 0 saturated heterocycles. The molecule has 10 heteroatoms. The third-order valence-electron chi connectivity index (χ3n) is 5.36. The molecule has 0 aromatic carbocycles. The number of nitrogens with two attached hydrogens (primary N) is 1. The van der Waals surface area contributed by atoms with E-state index in [2.05, 4.69) is 46.9 Å². The Bertz CT molecular complexity index is 1070. The summed E-state index contributed by atoms with van der Waals surface area (Å²) >= 11 is 4.88. The van der Waals surface area contributed by atoms with Crippen LogP contribution in [0.25, 0.3) is 0 Å². The summed E-state index contributed by atoms with van der Waals surface area (Å²) in [7, 11) is 0. The lowest BCUT2D eigenvalue weighted by atomic mass is 9.98. The lowest BCUT2D eigenvalue weighted by Crippen LogP contribution is -2.40. The zero-order chi connectivity index (χ0) is 22.7. The number of thioether (sulfide) groups is 1. The fraction of sp³-hybridized carbons (Fsp3) is 0.455. The highest BCUT2D eigenvalue weighted by atomic mass is 32.2. The fourth-order valence-corrected chi connectivity index (χ4v) is 6.55. The van der Waals surface area contributed by atoms with Crippen molar-refractivity contribution in [3.63, 3.8) is 0 Å². The van der Waals surface area contributed by atoms with Crippen LogP contribution < -0.4 is 5.73 Å². The topological polar surface area (TPSA) is 94.1 Å². The van der Waals surface area contributed by atoms with Crippen LogP contribution in [-0.4, -0.2) is 43.8 Å². The van der Waals surface area contributed by atoms with Crippen molar-refractivity contribution >= 4 is 46.2 Å². The van der Waals surface area contributed by atoms with Crippen LogP contribution in [0, 0.1) is 5.92 Å². The van der Waals surface area contributed by atoms with Gasteiger partial charge in [0.1, 0.15) is 5.82 Å². The van der Waals surface area contributed by atoms with Gasteiger partial charge in [-0.3, -0.25) is 9.59 Å². The minimum absolute atomic E-state index is 0.0160. The second-order valence-corrected chi connectivity index (χ2v) is 11.1. The van der Waals surface area contributed by atoms with Gasteiger partial charge in [0.25, 0.3) is 0 Å². The van der Waals surface area contributed by atoms with Crippen LogP contribution in [0.15, 0.2) is 34.1 Å². The summed E-state index contributed by atoms with van der Waals surface area (Å²) in [6.45, 7) is 5.69. The highest BCUT2D eigenvalue weighted by Crippen LogP contribution is 2.39. The first-order valence-corrected chi connectivity index (χ1v) is 13.4. The van der Waals surface area contributed by atoms with Gasteiger partial charge in [0.2, 0.25) is 11.8 Å². The molecule has 1 aliphatic rings. The smallest absolute Gasteiger partial charge is 0.233 e. The summed E-state index contributed by atoms with van der Waals surface area (Å²) in [5.74, 6) is 1.17. The minimum Gasteiger partial charge on any atom is -0.370 e. The molecule has 0 saturated carbocycles. The minimum atomic E-state index is -0.356. The maximum absolute atomic E-state index is 13.4. The summed E-state index contributed by atoms with van der Waals surface area (Å²) in [5, 5.41) is 13.5. The average Bonchev–Trinajstić information content (AvgIpc) is 3.50. The van der Waals surface area contributed by atoms with Gasteiger partial charge in [-0.15, -0.1) is 32.9 Å². The number of rotatable bonds is 9. The molecular weight excluding hydrogens is 462 g/mol. The van der Waals surface area contributed by atoms with Crippen LogP contribution >= 0.6 is 34.4 Å². The standard InChI is InChI=1S/C22H27N5O2S3/c1-14(2)12-27-19(6-5-18(23)28)24-25-22(27)32-13-20(29)26-9-7-16-15(8-11-31-16)21(26)17-4-3-10-30-17/h3-4,8,10-11,14,21H,5-7,9,12-13H2,1-2H3,(H2,23,28). The molecule has 1 unspecified atom stereocenters. The van der Waals surface area contributed by atoms with Crippen LogP contribution in [0.3, 0.4) is 0 Å². The van der Waals surface area contributed by atoms with Gasteiger partial charge in [-0.25, -0.2) is 0 Å². The number of hydrogen-bond donors (Lipinski definition) is 1. The number of aromatic nitrogens is 3. The van der Waals surface area contributed by atoms with E-state index in [1.165, 1.54) is 27.1 Å². The molecule has 3 aromatic heterocycles. The molecule has 32 heavy (non-hydrogen) atoms. The second kappa shape index (κ2) is 10.2. The van der Waals surface area contributed by atoms with Crippen LogP contribution in [0.1, 0.15) is 47.5 Å². The van der Waals surface area contributed by atoms with E-state index in [0.717, 1.165) is 25.3 Å². The molecule has 0 bridgehead atoms. The van der Waals surface area contributed by atoms with Crippen LogP contribution in [0.4, 0.5) is 0 Å². The molecule has 0 fully saturated rings. The Morgan fingerprint density at radius 2 is 2.09 bits per heavy atom. The molecule has 4 rings (SSSR count). The number of fused-ring (bicyclic) bond motifs is 1. The third-order valence-corrected chi connectivity index (χ3v) is 8.23. The molecule has 2 amide bonds. The number of aryl methyl sites for hydroxylation is 1. The molecule has 0 spiro atoms. The van der Waals surface area contributed by atoms with E-state index in [0.29, 0.717) is 23.2 Å². The number of carbonyl (C=O) groups is 2. The molecule has 4 heterocycles. The molecular formula is C22H27N5O2S3. The van der Waals surface area contributed by atoms with Crippen molar-refractivity contribution in [3.8, 4) is 0 Å². The number of primary amides is 1. The molecule has 1 atom stereocenters. The maximum Gasteiger partial charge on any atom is 0.233 e. The highest BCUT2D eigenvalue weighted by Gasteiger charge is 2.33. The van der Waals surface area contributed by atoms with Crippen LogP contribution in [0.2, 0.25) is 0 Å². The molecule has 3 aromatic rings. The Morgan fingerprint density at radius 3 is 2.81 bits per heavy atom. The normalized spacial score (nSPS) is 15.8. The monoisotopic (exact) mass is 489 g/mol. The number of amides is 2. The van der Waals surface area contributed by atoms with Crippen molar-refractivity contribution in [2.75, 3.05) is 12.3 Å². The first-order chi connectivity index (χ1) is 15.4. The van der Waals surface area contributed by atoms with Gasteiger partial charge < -0.3 is 15.2 Å².